The van der Waals surface area contributed by atoms with E-state index >= 15 is 0 Å². The second-order valence-electron chi connectivity index (χ2n) is 6.41. The highest BCUT2D eigenvalue weighted by Crippen LogP contribution is 2.21. The zero-order valence-electron chi connectivity index (χ0n) is 15.0. The van der Waals surface area contributed by atoms with Gasteiger partial charge in [-0.15, -0.1) is 5.10 Å². The van der Waals surface area contributed by atoms with Gasteiger partial charge in [0, 0.05) is 38.9 Å². The number of tetrazole rings is 1. The molecule has 0 N–H and O–H groups in total. The molecule has 1 unspecified atom stereocenters. The summed E-state index contributed by atoms with van der Waals surface area (Å²) >= 11 is 0. The van der Waals surface area contributed by atoms with Crippen LogP contribution in [0.5, 0.6) is 0 Å². The molecule has 2 aromatic heterocycles. The molecule has 0 radical (unpaired) electrons. The summed E-state index contributed by atoms with van der Waals surface area (Å²) in [5.41, 5.74) is 1.03. The van der Waals surface area contributed by atoms with Crippen LogP contribution in [0.2, 0.25) is 0 Å². The van der Waals surface area contributed by atoms with Gasteiger partial charge in [-0.3, -0.25) is 4.90 Å². The molecule has 0 spiro atoms. The van der Waals surface area contributed by atoms with Crippen LogP contribution < -0.4 is 0 Å². The molecular formula is C16H25N7O2. The fourth-order valence-corrected chi connectivity index (χ4v) is 2.79. The Hall–Kier alpha value is -1.97. The molecule has 0 amide bonds. The predicted octanol–water partition coefficient (Wildman–Crippen LogP) is 0.806. The molecule has 136 valence electrons. The number of nitrogens with zero attached hydrogens (tertiary/aromatic N) is 7. The van der Waals surface area contributed by atoms with Crippen molar-refractivity contribution >= 4 is 0 Å². The number of rotatable bonds is 7. The van der Waals surface area contributed by atoms with Crippen LogP contribution in [0, 0.1) is 0 Å². The Kier molecular flexibility index (Phi) is 6.00. The Balaban J connectivity index is 1.65. The zero-order chi connectivity index (χ0) is 17.6. The van der Waals surface area contributed by atoms with Gasteiger partial charge in [-0.2, -0.15) is 0 Å². The van der Waals surface area contributed by atoms with Crippen LogP contribution in [0.25, 0.3) is 0 Å². The van der Waals surface area contributed by atoms with E-state index in [1.54, 1.807) is 11.8 Å². The minimum Gasteiger partial charge on any atom is -0.383 e. The third-order valence-corrected chi connectivity index (χ3v) is 4.14. The fraction of sp³-hybridized carbons (Fsp3) is 0.688. The molecule has 9 nitrogen and oxygen atoms in total. The van der Waals surface area contributed by atoms with Crippen LogP contribution in [0.1, 0.15) is 43.2 Å². The van der Waals surface area contributed by atoms with Gasteiger partial charge in [0.25, 0.3) is 0 Å². The van der Waals surface area contributed by atoms with E-state index in [0.29, 0.717) is 25.7 Å². The van der Waals surface area contributed by atoms with Crippen molar-refractivity contribution in [1.82, 2.24) is 35.1 Å². The summed E-state index contributed by atoms with van der Waals surface area (Å²) in [4.78, 5) is 11.3. The number of methoxy groups -OCH3 is 1. The van der Waals surface area contributed by atoms with Gasteiger partial charge in [0.05, 0.1) is 25.5 Å². The number of hydrogen-bond donors (Lipinski definition) is 0. The van der Waals surface area contributed by atoms with E-state index in [1.807, 2.05) is 12.3 Å². The molecule has 0 saturated carbocycles. The van der Waals surface area contributed by atoms with Gasteiger partial charge in [0.1, 0.15) is 11.9 Å². The Morgan fingerprint density at radius 1 is 1.40 bits per heavy atom. The van der Waals surface area contributed by atoms with Gasteiger partial charge >= 0.3 is 0 Å². The molecule has 1 saturated heterocycles. The SMILES string of the molecule is COCCn1nnnc1C1CN(Cc2ccnc(C(C)C)n2)CCO1. The van der Waals surface area contributed by atoms with Crippen molar-refractivity contribution < 1.29 is 9.47 Å². The summed E-state index contributed by atoms with van der Waals surface area (Å²) in [6.45, 7) is 8.38. The molecule has 1 aliphatic rings. The van der Waals surface area contributed by atoms with Crippen molar-refractivity contribution in [3.63, 3.8) is 0 Å². The summed E-state index contributed by atoms with van der Waals surface area (Å²) in [7, 11) is 1.66. The average Bonchev–Trinajstić information content (AvgIpc) is 3.09. The number of hydrogen-bond acceptors (Lipinski definition) is 8. The van der Waals surface area contributed by atoms with Crippen LogP contribution in [0.15, 0.2) is 12.3 Å². The van der Waals surface area contributed by atoms with Crippen molar-refractivity contribution in [2.75, 3.05) is 33.4 Å². The van der Waals surface area contributed by atoms with Crippen molar-refractivity contribution in [3.8, 4) is 0 Å². The minimum atomic E-state index is -0.146. The lowest BCUT2D eigenvalue weighted by Gasteiger charge is -2.32. The molecule has 0 aromatic carbocycles. The Morgan fingerprint density at radius 2 is 2.28 bits per heavy atom. The van der Waals surface area contributed by atoms with E-state index in [-0.39, 0.29) is 6.10 Å². The number of ether oxygens (including phenoxy) is 2. The molecule has 9 heteroatoms. The van der Waals surface area contributed by atoms with Crippen molar-refractivity contribution in [2.45, 2.75) is 39.0 Å². The lowest BCUT2D eigenvalue weighted by molar-refractivity contribution is -0.0400. The van der Waals surface area contributed by atoms with E-state index in [4.69, 9.17) is 9.47 Å². The first-order valence-corrected chi connectivity index (χ1v) is 8.58. The predicted molar refractivity (Wildman–Crippen MR) is 89.8 cm³/mol. The van der Waals surface area contributed by atoms with Crippen LogP contribution in [-0.2, 0) is 22.6 Å². The number of morpholine rings is 1. The summed E-state index contributed by atoms with van der Waals surface area (Å²) in [5, 5.41) is 11.9. The van der Waals surface area contributed by atoms with E-state index in [1.165, 1.54) is 0 Å². The summed E-state index contributed by atoms with van der Waals surface area (Å²) < 4.78 is 12.7. The molecule has 0 bridgehead atoms. The largest absolute Gasteiger partial charge is 0.383 e. The number of aromatic nitrogens is 6. The first-order chi connectivity index (χ1) is 12.2. The normalized spacial score (nSPS) is 18.8. The maximum absolute atomic E-state index is 5.89. The highest BCUT2D eigenvalue weighted by atomic mass is 16.5. The molecule has 1 aliphatic heterocycles. The molecule has 1 atom stereocenters. The monoisotopic (exact) mass is 347 g/mol. The van der Waals surface area contributed by atoms with Crippen LogP contribution in [0.3, 0.4) is 0 Å². The van der Waals surface area contributed by atoms with E-state index < -0.39 is 0 Å². The van der Waals surface area contributed by atoms with Crippen molar-refractivity contribution in [2.24, 2.45) is 0 Å². The maximum Gasteiger partial charge on any atom is 0.181 e. The molecular weight excluding hydrogens is 322 g/mol. The highest BCUT2D eigenvalue weighted by Gasteiger charge is 2.27. The Labute approximate surface area is 147 Å². The molecule has 0 aliphatic carbocycles. The lowest BCUT2D eigenvalue weighted by atomic mass is 10.2. The summed E-state index contributed by atoms with van der Waals surface area (Å²) in [6.07, 6.45) is 1.69. The quantitative estimate of drug-likeness (QED) is 0.726. The standard InChI is InChI=1S/C16H25N7O2/c1-12(2)15-17-5-4-13(18-15)10-22-6-9-25-14(11-22)16-19-20-21-23(16)7-8-24-3/h4-5,12,14H,6-11H2,1-3H3. The van der Waals surface area contributed by atoms with Gasteiger partial charge in [-0.1, -0.05) is 13.8 Å². The van der Waals surface area contributed by atoms with Gasteiger partial charge < -0.3 is 9.47 Å². The van der Waals surface area contributed by atoms with Crippen LogP contribution >= 0.6 is 0 Å². The van der Waals surface area contributed by atoms with Crippen molar-refractivity contribution in [3.05, 3.63) is 29.6 Å². The fourth-order valence-electron chi connectivity index (χ4n) is 2.79. The summed E-state index contributed by atoms with van der Waals surface area (Å²) in [6, 6.07) is 1.97. The second-order valence-corrected chi connectivity index (χ2v) is 6.41. The van der Waals surface area contributed by atoms with Crippen LogP contribution in [0.4, 0.5) is 0 Å². The lowest BCUT2D eigenvalue weighted by Crippen LogP contribution is -2.39. The molecule has 3 heterocycles. The Bertz CT molecular complexity index is 676. The average molecular weight is 347 g/mol. The second kappa shape index (κ2) is 8.41. The summed E-state index contributed by atoms with van der Waals surface area (Å²) in [5.74, 6) is 1.95. The van der Waals surface area contributed by atoms with Gasteiger partial charge in [-0.05, 0) is 16.5 Å². The smallest absolute Gasteiger partial charge is 0.181 e. The van der Waals surface area contributed by atoms with E-state index in [2.05, 4.69) is 44.2 Å². The van der Waals surface area contributed by atoms with Crippen LogP contribution in [-0.4, -0.2) is 68.5 Å². The topological polar surface area (TPSA) is 91.1 Å². The first-order valence-electron chi connectivity index (χ1n) is 8.58. The minimum absolute atomic E-state index is 0.146. The molecule has 2 aromatic rings. The highest BCUT2D eigenvalue weighted by molar-refractivity contribution is 5.05. The third-order valence-electron chi connectivity index (χ3n) is 4.14. The maximum atomic E-state index is 5.89. The third kappa shape index (κ3) is 4.56. The Morgan fingerprint density at radius 3 is 3.08 bits per heavy atom. The van der Waals surface area contributed by atoms with Gasteiger partial charge in [0.15, 0.2) is 5.82 Å². The van der Waals surface area contributed by atoms with E-state index in [9.17, 15) is 0 Å². The van der Waals surface area contributed by atoms with Crippen molar-refractivity contribution in [1.29, 1.82) is 0 Å². The first kappa shape index (κ1) is 17.8. The zero-order valence-corrected chi connectivity index (χ0v) is 15.0. The van der Waals surface area contributed by atoms with Gasteiger partial charge in [-0.25, -0.2) is 14.6 Å². The molecule has 1 fully saturated rings. The molecule has 25 heavy (non-hydrogen) atoms. The van der Waals surface area contributed by atoms with E-state index in [0.717, 1.165) is 37.0 Å². The molecule has 3 rings (SSSR count). The van der Waals surface area contributed by atoms with Gasteiger partial charge in [0.2, 0.25) is 0 Å².